The molecule has 0 fully saturated rings. The third-order valence-electron chi connectivity index (χ3n) is 2.92. The Kier molecular flexibility index (Phi) is 3.30. The molecule has 0 saturated heterocycles. The summed E-state index contributed by atoms with van der Waals surface area (Å²) in [5.41, 5.74) is 3.16. The molecule has 1 aromatic carbocycles. The van der Waals surface area contributed by atoms with Crippen molar-refractivity contribution in [2.75, 3.05) is 0 Å². The molecular weight excluding hydrogens is 264 g/mol. The first-order valence-electron chi connectivity index (χ1n) is 6.74. The maximum absolute atomic E-state index is 4.67. The third kappa shape index (κ3) is 2.88. The Morgan fingerprint density at radius 3 is 2.40 bits per heavy atom. The van der Waals surface area contributed by atoms with Gasteiger partial charge in [-0.1, -0.05) is 51.1 Å². The summed E-state index contributed by atoms with van der Waals surface area (Å²) in [4.78, 5) is 5.94. The van der Waals surface area contributed by atoms with Crippen LogP contribution in [0, 0.1) is 0 Å². The highest BCUT2D eigenvalue weighted by Crippen LogP contribution is 2.32. The van der Waals surface area contributed by atoms with Crippen molar-refractivity contribution in [2.24, 2.45) is 0 Å². The van der Waals surface area contributed by atoms with E-state index >= 15 is 0 Å². The van der Waals surface area contributed by atoms with E-state index < -0.39 is 0 Å². The van der Waals surface area contributed by atoms with Crippen LogP contribution in [0.4, 0.5) is 0 Å². The molecule has 0 unspecified atom stereocenters. The highest BCUT2D eigenvalue weighted by molar-refractivity contribution is 8.00. The average Bonchev–Trinajstić information content (AvgIpc) is 2.81. The predicted molar refractivity (Wildman–Crippen MR) is 86.2 cm³/mol. The van der Waals surface area contributed by atoms with Gasteiger partial charge in [0.2, 0.25) is 0 Å². The number of rotatable bonds is 2. The zero-order chi connectivity index (χ0) is 14.2. The first-order chi connectivity index (χ1) is 9.51. The Labute approximate surface area is 123 Å². The molecule has 0 aliphatic carbocycles. The fourth-order valence-electron chi connectivity index (χ4n) is 2.13. The Morgan fingerprint density at radius 2 is 1.70 bits per heavy atom. The number of hydrogen-bond donors (Lipinski definition) is 0. The first-order valence-corrected chi connectivity index (χ1v) is 7.56. The van der Waals surface area contributed by atoms with Crippen LogP contribution >= 0.6 is 11.8 Å². The topological polar surface area (TPSA) is 17.3 Å². The van der Waals surface area contributed by atoms with E-state index in [0.29, 0.717) is 0 Å². The van der Waals surface area contributed by atoms with Crippen molar-refractivity contribution < 1.29 is 0 Å². The van der Waals surface area contributed by atoms with Crippen molar-refractivity contribution in [3.05, 3.63) is 54.9 Å². The molecule has 3 heteroatoms. The Hall–Kier alpha value is -1.74. The van der Waals surface area contributed by atoms with Crippen LogP contribution < -0.4 is 0 Å². The number of aromatic nitrogens is 2. The zero-order valence-corrected chi connectivity index (χ0v) is 12.8. The number of hydrogen-bond acceptors (Lipinski definition) is 2. The summed E-state index contributed by atoms with van der Waals surface area (Å²) in [6.45, 7) is 6.68. The van der Waals surface area contributed by atoms with Gasteiger partial charge < -0.3 is 4.40 Å². The van der Waals surface area contributed by atoms with Crippen molar-refractivity contribution in [3.63, 3.8) is 0 Å². The van der Waals surface area contributed by atoms with E-state index in [1.165, 1.54) is 4.90 Å². The van der Waals surface area contributed by atoms with Crippen molar-refractivity contribution in [1.29, 1.82) is 0 Å². The Bertz CT molecular complexity index is 724. The van der Waals surface area contributed by atoms with Crippen LogP contribution in [0.15, 0.2) is 59.8 Å². The van der Waals surface area contributed by atoms with E-state index in [4.69, 9.17) is 0 Å². The second-order valence-corrected chi connectivity index (χ2v) is 7.74. The molecule has 0 N–H and O–H groups in total. The number of pyridine rings is 1. The second kappa shape index (κ2) is 4.98. The van der Waals surface area contributed by atoms with Crippen molar-refractivity contribution in [3.8, 4) is 11.3 Å². The number of imidazole rings is 1. The zero-order valence-electron chi connectivity index (χ0n) is 12.0. The minimum absolute atomic E-state index is 0.219. The second-order valence-electron chi connectivity index (χ2n) is 5.84. The van der Waals surface area contributed by atoms with Crippen LogP contribution in [0.1, 0.15) is 20.8 Å². The molecule has 0 atom stereocenters. The standard InChI is InChI=1S/C17H18N2S/c1-17(2,3)20-14-9-10-16-18-15(12-19(16)11-14)13-7-5-4-6-8-13/h4-12H,1-3H3. The lowest BCUT2D eigenvalue weighted by Gasteiger charge is -2.17. The maximum Gasteiger partial charge on any atom is 0.137 e. The number of fused-ring (bicyclic) bond motifs is 1. The van der Waals surface area contributed by atoms with Crippen molar-refractivity contribution >= 4 is 17.4 Å². The lowest BCUT2D eigenvalue weighted by Crippen LogP contribution is -2.06. The Balaban J connectivity index is 2.00. The minimum Gasteiger partial charge on any atom is -0.305 e. The van der Waals surface area contributed by atoms with Crippen LogP contribution in [-0.2, 0) is 0 Å². The van der Waals surface area contributed by atoms with E-state index in [2.05, 4.69) is 66.8 Å². The molecule has 3 rings (SSSR count). The molecule has 0 spiro atoms. The third-order valence-corrected chi connectivity index (χ3v) is 4.01. The molecule has 0 aliphatic rings. The van der Waals surface area contributed by atoms with E-state index in [9.17, 15) is 0 Å². The van der Waals surface area contributed by atoms with Crippen LogP contribution in [0.3, 0.4) is 0 Å². The molecule has 102 valence electrons. The summed E-state index contributed by atoms with van der Waals surface area (Å²) >= 11 is 1.87. The monoisotopic (exact) mass is 282 g/mol. The smallest absolute Gasteiger partial charge is 0.137 e. The largest absolute Gasteiger partial charge is 0.305 e. The van der Waals surface area contributed by atoms with E-state index in [0.717, 1.165) is 16.9 Å². The lowest BCUT2D eigenvalue weighted by atomic mass is 10.2. The maximum atomic E-state index is 4.67. The molecule has 2 heterocycles. The van der Waals surface area contributed by atoms with Gasteiger partial charge in [-0.05, 0) is 12.1 Å². The summed E-state index contributed by atoms with van der Waals surface area (Å²) in [5, 5.41) is 0. The van der Waals surface area contributed by atoms with Gasteiger partial charge in [-0.2, -0.15) is 0 Å². The first kappa shape index (κ1) is 13.3. The fourth-order valence-corrected chi connectivity index (χ4v) is 3.14. The fraction of sp³-hybridized carbons (Fsp3) is 0.235. The normalized spacial score (nSPS) is 11.9. The number of thioether (sulfide) groups is 1. The van der Waals surface area contributed by atoms with Gasteiger partial charge in [0.05, 0.1) is 5.69 Å². The lowest BCUT2D eigenvalue weighted by molar-refractivity contribution is 0.802. The highest BCUT2D eigenvalue weighted by atomic mass is 32.2. The summed E-state index contributed by atoms with van der Waals surface area (Å²) in [6, 6.07) is 14.5. The molecule has 0 bridgehead atoms. The van der Waals surface area contributed by atoms with Crippen LogP contribution in [0.2, 0.25) is 0 Å². The van der Waals surface area contributed by atoms with E-state index in [1.54, 1.807) is 0 Å². The molecule has 2 aromatic heterocycles. The predicted octanol–water partition coefficient (Wildman–Crippen LogP) is 4.89. The van der Waals surface area contributed by atoms with Gasteiger partial charge in [0.15, 0.2) is 0 Å². The molecule has 20 heavy (non-hydrogen) atoms. The van der Waals surface area contributed by atoms with Gasteiger partial charge >= 0.3 is 0 Å². The van der Waals surface area contributed by atoms with Crippen LogP contribution in [0.5, 0.6) is 0 Å². The highest BCUT2D eigenvalue weighted by Gasteiger charge is 2.13. The van der Waals surface area contributed by atoms with Gasteiger partial charge in [-0.25, -0.2) is 4.98 Å². The molecular formula is C17H18N2S. The van der Waals surface area contributed by atoms with Crippen molar-refractivity contribution in [2.45, 2.75) is 30.4 Å². The average molecular weight is 282 g/mol. The SMILES string of the molecule is CC(C)(C)Sc1ccc2nc(-c3ccccc3)cn2c1. The van der Waals surface area contributed by atoms with Crippen LogP contribution in [-0.4, -0.2) is 14.1 Å². The minimum atomic E-state index is 0.219. The van der Waals surface area contributed by atoms with Gasteiger partial charge in [0, 0.05) is 27.6 Å². The van der Waals surface area contributed by atoms with Gasteiger partial charge in [0.1, 0.15) is 5.65 Å². The van der Waals surface area contributed by atoms with Gasteiger partial charge in [0.25, 0.3) is 0 Å². The summed E-state index contributed by atoms with van der Waals surface area (Å²) < 4.78 is 2.33. The number of benzene rings is 1. The molecule has 0 aliphatic heterocycles. The Morgan fingerprint density at radius 1 is 0.950 bits per heavy atom. The summed E-state index contributed by atoms with van der Waals surface area (Å²) in [5.74, 6) is 0. The molecule has 2 nitrogen and oxygen atoms in total. The van der Waals surface area contributed by atoms with E-state index in [-0.39, 0.29) is 4.75 Å². The number of nitrogens with zero attached hydrogens (tertiary/aromatic N) is 2. The molecule has 3 aromatic rings. The van der Waals surface area contributed by atoms with E-state index in [1.807, 2.05) is 30.0 Å². The van der Waals surface area contributed by atoms with Gasteiger partial charge in [-0.15, -0.1) is 11.8 Å². The molecule has 0 radical (unpaired) electrons. The summed E-state index contributed by atoms with van der Waals surface area (Å²) in [7, 11) is 0. The summed E-state index contributed by atoms with van der Waals surface area (Å²) in [6.07, 6.45) is 4.25. The molecule has 0 saturated carbocycles. The van der Waals surface area contributed by atoms with Crippen molar-refractivity contribution in [1.82, 2.24) is 9.38 Å². The molecule has 0 amide bonds. The quantitative estimate of drug-likeness (QED) is 0.622. The van der Waals surface area contributed by atoms with Crippen LogP contribution in [0.25, 0.3) is 16.9 Å². The van der Waals surface area contributed by atoms with Gasteiger partial charge in [-0.3, -0.25) is 0 Å².